The summed E-state index contributed by atoms with van der Waals surface area (Å²) in [7, 11) is 0. The van der Waals surface area contributed by atoms with Gasteiger partial charge in [-0.1, -0.05) is 43.0 Å². The third-order valence-electron chi connectivity index (χ3n) is 3.65. The summed E-state index contributed by atoms with van der Waals surface area (Å²) in [6, 6.07) is 17.3. The molecule has 0 radical (unpaired) electrons. The van der Waals surface area contributed by atoms with Gasteiger partial charge in [0.25, 0.3) is 0 Å². The van der Waals surface area contributed by atoms with E-state index in [4.69, 9.17) is 15.9 Å². The molecule has 0 saturated heterocycles. The minimum Gasteiger partial charge on any atom is -0.457 e. The van der Waals surface area contributed by atoms with Gasteiger partial charge in [0.1, 0.15) is 11.5 Å². The molecule has 0 aliphatic heterocycles. The first kappa shape index (κ1) is 18.2. The standard InChI is InChI=1S/C21H23N3O/c1-4-24-16(3)21(15(2)22)19(23)14-17-10-8-9-13-20(17)25-18-11-6-5-7-12-18/h4-13,23H,1,14,22H2,2-3H3/b21-15-,23-19?,24-16?. The molecule has 0 fully saturated rings. The lowest BCUT2D eigenvalue weighted by Gasteiger charge is -2.14. The summed E-state index contributed by atoms with van der Waals surface area (Å²) in [6.45, 7) is 7.21. The second-order valence-electron chi connectivity index (χ2n) is 5.63. The van der Waals surface area contributed by atoms with Crippen LogP contribution in [0.2, 0.25) is 0 Å². The molecule has 0 heterocycles. The Morgan fingerprint density at radius 1 is 1.12 bits per heavy atom. The number of aliphatic imine (C=N–C) groups is 1. The normalized spacial score (nSPS) is 12.3. The quantitative estimate of drug-likeness (QED) is 0.709. The van der Waals surface area contributed by atoms with Crippen molar-refractivity contribution >= 4 is 11.4 Å². The Morgan fingerprint density at radius 2 is 1.76 bits per heavy atom. The van der Waals surface area contributed by atoms with E-state index in [1.807, 2.05) is 61.5 Å². The van der Waals surface area contributed by atoms with Crippen molar-refractivity contribution in [2.45, 2.75) is 20.3 Å². The van der Waals surface area contributed by atoms with Gasteiger partial charge >= 0.3 is 0 Å². The number of benzene rings is 2. The smallest absolute Gasteiger partial charge is 0.131 e. The van der Waals surface area contributed by atoms with E-state index in [1.54, 1.807) is 6.92 Å². The summed E-state index contributed by atoms with van der Waals surface area (Å²) in [5, 5.41) is 8.49. The van der Waals surface area contributed by atoms with Crippen molar-refractivity contribution in [3.8, 4) is 11.5 Å². The van der Waals surface area contributed by atoms with E-state index in [0.717, 1.165) is 17.1 Å². The van der Waals surface area contributed by atoms with Crippen LogP contribution in [0.5, 0.6) is 11.5 Å². The summed E-state index contributed by atoms with van der Waals surface area (Å²) in [4.78, 5) is 4.17. The molecule has 4 nitrogen and oxygen atoms in total. The predicted octanol–water partition coefficient (Wildman–Crippen LogP) is 4.88. The van der Waals surface area contributed by atoms with E-state index < -0.39 is 0 Å². The van der Waals surface area contributed by atoms with E-state index in [1.165, 1.54) is 6.20 Å². The number of hydrogen-bond acceptors (Lipinski definition) is 4. The molecule has 128 valence electrons. The zero-order chi connectivity index (χ0) is 18.2. The van der Waals surface area contributed by atoms with Crippen molar-refractivity contribution in [1.29, 1.82) is 5.41 Å². The lowest BCUT2D eigenvalue weighted by atomic mass is 9.97. The molecule has 2 rings (SSSR count). The topological polar surface area (TPSA) is 71.5 Å². The minimum atomic E-state index is 0.396. The SMILES string of the molecule is C=CN=C(C)/C(C(=N)Cc1ccccc1Oc1ccccc1)=C(\C)N. The van der Waals surface area contributed by atoms with Crippen LogP contribution in [0.4, 0.5) is 0 Å². The Hall–Kier alpha value is -3.14. The van der Waals surface area contributed by atoms with E-state index in [2.05, 4.69) is 11.6 Å². The van der Waals surface area contributed by atoms with Crippen LogP contribution in [0.25, 0.3) is 0 Å². The average molecular weight is 333 g/mol. The van der Waals surface area contributed by atoms with Gasteiger partial charge in [0.05, 0.1) is 0 Å². The second-order valence-corrected chi connectivity index (χ2v) is 5.63. The van der Waals surface area contributed by atoms with E-state index >= 15 is 0 Å². The van der Waals surface area contributed by atoms with Crippen LogP contribution in [0.1, 0.15) is 19.4 Å². The van der Waals surface area contributed by atoms with Crippen LogP contribution in [-0.2, 0) is 6.42 Å². The highest BCUT2D eigenvalue weighted by atomic mass is 16.5. The minimum absolute atomic E-state index is 0.396. The molecule has 0 amide bonds. The van der Waals surface area contributed by atoms with Gasteiger partial charge in [-0.3, -0.25) is 4.99 Å². The first-order valence-electron chi connectivity index (χ1n) is 8.03. The molecule has 0 unspecified atom stereocenters. The van der Waals surface area contributed by atoms with Crippen LogP contribution in [-0.4, -0.2) is 11.4 Å². The van der Waals surface area contributed by atoms with E-state index in [-0.39, 0.29) is 0 Å². The number of para-hydroxylation sites is 2. The van der Waals surface area contributed by atoms with Crippen molar-refractivity contribution in [3.63, 3.8) is 0 Å². The molecule has 0 aliphatic rings. The third kappa shape index (κ3) is 4.91. The average Bonchev–Trinajstić information content (AvgIpc) is 2.57. The fourth-order valence-electron chi connectivity index (χ4n) is 2.59. The summed E-state index contributed by atoms with van der Waals surface area (Å²) >= 11 is 0. The molecule has 4 heteroatoms. The molecular weight excluding hydrogens is 310 g/mol. The van der Waals surface area contributed by atoms with E-state index in [0.29, 0.717) is 29.1 Å². The summed E-state index contributed by atoms with van der Waals surface area (Å²) < 4.78 is 5.97. The Kier molecular flexibility index (Phi) is 6.29. The van der Waals surface area contributed by atoms with Gasteiger partial charge in [-0.25, -0.2) is 0 Å². The van der Waals surface area contributed by atoms with Crippen molar-refractivity contribution in [3.05, 3.63) is 84.2 Å². The highest BCUT2D eigenvalue weighted by molar-refractivity contribution is 6.23. The highest BCUT2D eigenvalue weighted by Gasteiger charge is 2.14. The Bertz CT molecular complexity index is 816. The number of hydrogen-bond donors (Lipinski definition) is 2. The van der Waals surface area contributed by atoms with Gasteiger partial charge < -0.3 is 15.9 Å². The third-order valence-corrected chi connectivity index (χ3v) is 3.65. The molecule has 2 aromatic carbocycles. The first-order valence-corrected chi connectivity index (χ1v) is 8.03. The maximum atomic E-state index is 8.49. The molecule has 0 aliphatic carbocycles. The van der Waals surface area contributed by atoms with Gasteiger partial charge in [0.15, 0.2) is 0 Å². The maximum Gasteiger partial charge on any atom is 0.131 e. The molecule has 0 saturated carbocycles. The van der Waals surface area contributed by atoms with Crippen molar-refractivity contribution in [2.75, 3.05) is 0 Å². The van der Waals surface area contributed by atoms with Gasteiger partial charge in [-0.05, 0) is 32.0 Å². The van der Waals surface area contributed by atoms with Crippen LogP contribution in [0, 0.1) is 5.41 Å². The summed E-state index contributed by atoms with van der Waals surface area (Å²) in [6.07, 6.45) is 1.86. The lowest BCUT2D eigenvalue weighted by molar-refractivity contribution is 0.478. The van der Waals surface area contributed by atoms with E-state index in [9.17, 15) is 0 Å². The molecule has 0 spiro atoms. The molecule has 25 heavy (non-hydrogen) atoms. The predicted molar refractivity (Wildman–Crippen MR) is 105 cm³/mol. The van der Waals surface area contributed by atoms with Crippen LogP contribution < -0.4 is 10.5 Å². The van der Waals surface area contributed by atoms with Crippen LogP contribution >= 0.6 is 0 Å². The molecule has 0 aromatic heterocycles. The fourth-order valence-corrected chi connectivity index (χ4v) is 2.59. The Morgan fingerprint density at radius 3 is 2.40 bits per heavy atom. The molecule has 0 bridgehead atoms. The number of nitrogens with one attached hydrogen (secondary N) is 1. The maximum absolute atomic E-state index is 8.49. The number of nitrogens with two attached hydrogens (primary N) is 1. The largest absolute Gasteiger partial charge is 0.457 e. The van der Waals surface area contributed by atoms with Crippen molar-refractivity contribution in [2.24, 2.45) is 10.7 Å². The number of allylic oxidation sites excluding steroid dienone is 2. The Balaban J connectivity index is 2.28. The second kappa shape index (κ2) is 8.64. The van der Waals surface area contributed by atoms with Crippen molar-refractivity contribution < 1.29 is 4.74 Å². The van der Waals surface area contributed by atoms with Gasteiger partial charge in [0.2, 0.25) is 0 Å². The first-order chi connectivity index (χ1) is 12.0. The number of ether oxygens (including phenoxy) is 1. The van der Waals surface area contributed by atoms with Gasteiger partial charge in [-0.15, -0.1) is 0 Å². The van der Waals surface area contributed by atoms with Crippen LogP contribution in [0.3, 0.4) is 0 Å². The zero-order valence-electron chi connectivity index (χ0n) is 14.6. The summed E-state index contributed by atoms with van der Waals surface area (Å²) in [5.41, 5.74) is 9.18. The van der Waals surface area contributed by atoms with Crippen molar-refractivity contribution in [1.82, 2.24) is 0 Å². The van der Waals surface area contributed by atoms with Crippen LogP contribution in [0.15, 0.2) is 83.6 Å². The van der Waals surface area contributed by atoms with Gasteiger partial charge in [0, 0.05) is 40.9 Å². The Labute approximate surface area is 148 Å². The number of rotatable bonds is 7. The van der Waals surface area contributed by atoms with Gasteiger partial charge in [-0.2, -0.15) is 0 Å². The molecule has 0 atom stereocenters. The fraction of sp³-hybridized carbons (Fsp3) is 0.143. The monoisotopic (exact) mass is 333 g/mol. The molecule has 3 N–H and O–H groups in total. The molecular formula is C21H23N3O. The number of nitrogens with zero attached hydrogens (tertiary/aromatic N) is 1. The summed E-state index contributed by atoms with van der Waals surface area (Å²) in [5.74, 6) is 1.49. The lowest BCUT2D eigenvalue weighted by Crippen LogP contribution is -2.17. The zero-order valence-corrected chi connectivity index (χ0v) is 14.6. The molecule has 2 aromatic rings. The highest BCUT2D eigenvalue weighted by Crippen LogP contribution is 2.26.